The molecule has 1 amide bonds. The SMILES string of the molecule is CCN(CC)S(=O)(=O)c1ccc(/C=C/C(=O)Nc2ccc(Br)cn2)cc1. The first-order valence-electron chi connectivity index (χ1n) is 8.07. The minimum atomic E-state index is -3.48. The molecule has 0 unspecified atom stereocenters. The summed E-state index contributed by atoms with van der Waals surface area (Å²) in [7, 11) is -3.48. The van der Waals surface area contributed by atoms with Crippen LogP contribution in [0.1, 0.15) is 19.4 Å². The van der Waals surface area contributed by atoms with Crippen molar-refractivity contribution in [2.24, 2.45) is 0 Å². The minimum absolute atomic E-state index is 0.238. The van der Waals surface area contributed by atoms with E-state index in [0.29, 0.717) is 18.9 Å². The number of hydrogen-bond donors (Lipinski definition) is 1. The lowest BCUT2D eigenvalue weighted by molar-refractivity contribution is -0.111. The average Bonchev–Trinajstić information content (AvgIpc) is 2.63. The third-order valence-electron chi connectivity index (χ3n) is 3.63. The number of carbonyl (C=O) groups is 1. The minimum Gasteiger partial charge on any atom is -0.307 e. The van der Waals surface area contributed by atoms with Gasteiger partial charge in [-0.25, -0.2) is 13.4 Å². The van der Waals surface area contributed by atoms with Gasteiger partial charge in [0.15, 0.2) is 0 Å². The summed E-state index contributed by atoms with van der Waals surface area (Å²) in [6.07, 6.45) is 4.58. The Morgan fingerprint density at radius 3 is 2.35 bits per heavy atom. The van der Waals surface area contributed by atoms with Crippen LogP contribution in [0.2, 0.25) is 0 Å². The summed E-state index contributed by atoms with van der Waals surface area (Å²) in [5.74, 6) is 0.128. The van der Waals surface area contributed by atoms with E-state index >= 15 is 0 Å². The molecule has 8 heteroatoms. The molecule has 0 saturated carbocycles. The number of amides is 1. The van der Waals surface area contributed by atoms with Gasteiger partial charge in [0.2, 0.25) is 15.9 Å². The molecule has 1 aromatic carbocycles. The summed E-state index contributed by atoms with van der Waals surface area (Å²) < 4.78 is 27.1. The van der Waals surface area contributed by atoms with Crippen LogP contribution in [-0.2, 0) is 14.8 Å². The summed E-state index contributed by atoms with van der Waals surface area (Å²) in [5.41, 5.74) is 0.724. The quantitative estimate of drug-likeness (QED) is 0.671. The van der Waals surface area contributed by atoms with Crippen molar-refractivity contribution in [2.45, 2.75) is 18.7 Å². The normalized spacial score (nSPS) is 11.8. The number of pyridine rings is 1. The molecule has 26 heavy (non-hydrogen) atoms. The lowest BCUT2D eigenvalue weighted by Gasteiger charge is -2.18. The molecule has 0 saturated heterocycles. The van der Waals surface area contributed by atoms with Crippen LogP contribution in [0, 0.1) is 0 Å². The van der Waals surface area contributed by atoms with Gasteiger partial charge in [-0.2, -0.15) is 4.31 Å². The second kappa shape index (κ2) is 9.07. The zero-order chi connectivity index (χ0) is 19.2. The van der Waals surface area contributed by atoms with E-state index in [1.54, 1.807) is 62.5 Å². The third-order valence-corrected chi connectivity index (χ3v) is 6.16. The van der Waals surface area contributed by atoms with Gasteiger partial charge in [-0.3, -0.25) is 4.79 Å². The maximum atomic E-state index is 12.4. The molecule has 1 N–H and O–H groups in total. The molecular weight excluding hydrogens is 418 g/mol. The van der Waals surface area contributed by atoms with Gasteiger partial charge in [-0.15, -0.1) is 0 Å². The highest BCUT2D eigenvalue weighted by Gasteiger charge is 2.20. The number of sulfonamides is 1. The van der Waals surface area contributed by atoms with Crippen LogP contribution in [0.15, 0.2) is 58.0 Å². The van der Waals surface area contributed by atoms with Crippen LogP contribution >= 0.6 is 15.9 Å². The molecule has 0 bridgehead atoms. The first kappa shape index (κ1) is 20.3. The van der Waals surface area contributed by atoms with Crippen LogP contribution in [0.4, 0.5) is 5.82 Å². The molecular formula is C18H20BrN3O3S. The molecule has 0 radical (unpaired) electrons. The number of aromatic nitrogens is 1. The Bertz CT molecular complexity index is 875. The third kappa shape index (κ3) is 5.23. The average molecular weight is 438 g/mol. The van der Waals surface area contributed by atoms with Crippen LogP contribution in [0.5, 0.6) is 0 Å². The van der Waals surface area contributed by atoms with Gasteiger partial charge in [-0.1, -0.05) is 26.0 Å². The molecule has 0 aliphatic carbocycles. The Balaban J connectivity index is 2.05. The molecule has 6 nitrogen and oxygen atoms in total. The zero-order valence-electron chi connectivity index (χ0n) is 14.5. The fraction of sp³-hybridized carbons (Fsp3) is 0.222. The number of hydrogen-bond acceptors (Lipinski definition) is 4. The van der Waals surface area contributed by atoms with Crippen molar-refractivity contribution in [3.8, 4) is 0 Å². The van der Waals surface area contributed by atoms with Crippen LogP contribution < -0.4 is 5.32 Å². The Morgan fingerprint density at radius 2 is 1.81 bits per heavy atom. The van der Waals surface area contributed by atoms with Crippen LogP contribution in [0.3, 0.4) is 0 Å². The van der Waals surface area contributed by atoms with Crippen LogP contribution in [-0.4, -0.2) is 36.7 Å². The highest BCUT2D eigenvalue weighted by Crippen LogP contribution is 2.17. The van der Waals surface area contributed by atoms with E-state index < -0.39 is 10.0 Å². The standard InChI is InChI=1S/C18H20BrN3O3S/c1-3-22(4-2)26(24,25)16-9-5-14(6-10-16)7-12-18(23)21-17-11-8-15(19)13-20-17/h5-13H,3-4H2,1-2H3,(H,20,21,23)/b12-7+. The number of halogens is 1. The maximum absolute atomic E-state index is 12.4. The largest absolute Gasteiger partial charge is 0.307 e. The first-order chi connectivity index (χ1) is 12.4. The molecule has 2 aromatic rings. The van der Waals surface area contributed by atoms with E-state index in [9.17, 15) is 13.2 Å². The highest BCUT2D eigenvalue weighted by molar-refractivity contribution is 9.10. The maximum Gasteiger partial charge on any atom is 0.249 e. The van der Waals surface area contributed by atoms with Gasteiger partial charge in [0.1, 0.15) is 5.82 Å². The van der Waals surface area contributed by atoms with E-state index in [4.69, 9.17) is 0 Å². The monoisotopic (exact) mass is 437 g/mol. The van der Waals surface area contributed by atoms with E-state index in [2.05, 4.69) is 26.2 Å². The molecule has 2 rings (SSSR count). The number of nitrogens with one attached hydrogen (secondary N) is 1. The topological polar surface area (TPSA) is 79.4 Å². The second-order valence-corrected chi connectivity index (χ2v) is 8.20. The highest BCUT2D eigenvalue weighted by atomic mass is 79.9. The second-order valence-electron chi connectivity index (χ2n) is 5.34. The summed E-state index contributed by atoms with van der Waals surface area (Å²) in [4.78, 5) is 16.2. The van der Waals surface area contributed by atoms with E-state index in [1.165, 1.54) is 10.4 Å². The molecule has 0 spiro atoms. The molecule has 1 heterocycles. The van der Waals surface area contributed by atoms with Gasteiger partial charge in [0.05, 0.1) is 4.90 Å². The number of benzene rings is 1. The zero-order valence-corrected chi connectivity index (χ0v) is 16.9. The molecule has 0 aliphatic heterocycles. The molecule has 0 aliphatic rings. The predicted molar refractivity (Wildman–Crippen MR) is 106 cm³/mol. The molecule has 0 atom stereocenters. The summed E-state index contributed by atoms with van der Waals surface area (Å²) >= 11 is 3.28. The van der Waals surface area contributed by atoms with Gasteiger partial charge in [0.25, 0.3) is 0 Å². The van der Waals surface area contributed by atoms with Crippen molar-refractivity contribution < 1.29 is 13.2 Å². The Hall–Kier alpha value is -2.03. The van der Waals surface area contributed by atoms with E-state index in [1.807, 2.05) is 0 Å². The first-order valence-corrected chi connectivity index (χ1v) is 10.3. The van der Waals surface area contributed by atoms with Crippen LogP contribution in [0.25, 0.3) is 6.08 Å². The smallest absolute Gasteiger partial charge is 0.249 e. The van der Waals surface area contributed by atoms with Gasteiger partial charge < -0.3 is 5.32 Å². The van der Waals surface area contributed by atoms with Crippen molar-refractivity contribution >= 4 is 43.8 Å². The van der Waals surface area contributed by atoms with Crippen molar-refractivity contribution in [2.75, 3.05) is 18.4 Å². The molecule has 138 valence electrons. The van der Waals surface area contributed by atoms with Gasteiger partial charge in [-0.05, 0) is 51.8 Å². The Labute approximate surface area is 162 Å². The number of carbonyl (C=O) groups excluding carboxylic acids is 1. The van der Waals surface area contributed by atoms with Gasteiger partial charge in [0, 0.05) is 29.8 Å². The fourth-order valence-electron chi connectivity index (χ4n) is 2.25. The fourth-order valence-corrected chi connectivity index (χ4v) is 3.95. The van der Waals surface area contributed by atoms with E-state index in [-0.39, 0.29) is 10.8 Å². The summed E-state index contributed by atoms with van der Waals surface area (Å²) in [6, 6.07) is 9.88. The van der Waals surface area contributed by atoms with Crippen molar-refractivity contribution in [3.63, 3.8) is 0 Å². The predicted octanol–water partition coefficient (Wildman–Crippen LogP) is 3.53. The lowest BCUT2D eigenvalue weighted by Crippen LogP contribution is -2.30. The summed E-state index contributed by atoms with van der Waals surface area (Å²) in [6.45, 7) is 4.45. The van der Waals surface area contributed by atoms with Crippen molar-refractivity contribution in [3.05, 3.63) is 58.7 Å². The van der Waals surface area contributed by atoms with Crippen molar-refractivity contribution in [1.82, 2.24) is 9.29 Å². The number of rotatable bonds is 7. The van der Waals surface area contributed by atoms with E-state index in [0.717, 1.165) is 10.0 Å². The lowest BCUT2D eigenvalue weighted by atomic mass is 10.2. The van der Waals surface area contributed by atoms with Crippen molar-refractivity contribution in [1.29, 1.82) is 0 Å². The molecule has 0 fully saturated rings. The number of nitrogens with zero attached hydrogens (tertiary/aromatic N) is 2. The Kier molecular flexibility index (Phi) is 7.07. The number of anilines is 1. The van der Waals surface area contributed by atoms with Gasteiger partial charge >= 0.3 is 0 Å². The summed E-state index contributed by atoms with van der Waals surface area (Å²) in [5, 5.41) is 2.64. The Morgan fingerprint density at radius 1 is 1.15 bits per heavy atom. The molecule has 1 aromatic heterocycles.